The number of carbonyl (C=O) groups is 1. The number of piperazine rings is 1. The van der Waals surface area contributed by atoms with Gasteiger partial charge in [0.2, 0.25) is 0 Å². The highest BCUT2D eigenvalue weighted by molar-refractivity contribution is 6.31. The zero-order chi connectivity index (χ0) is 19.8. The highest BCUT2D eigenvalue weighted by Gasteiger charge is 2.34. The topological polar surface area (TPSA) is 49.3 Å². The Labute approximate surface area is 157 Å². The van der Waals surface area contributed by atoms with E-state index in [0.717, 1.165) is 12.1 Å². The van der Waals surface area contributed by atoms with Gasteiger partial charge >= 0.3 is 6.18 Å². The van der Waals surface area contributed by atoms with Gasteiger partial charge in [-0.2, -0.15) is 13.2 Å². The number of alkyl halides is 3. The van der Waals surface area contributed by atoms with Crippen molar-refractivity contribution in [3.63, 3.8) is 0 Å². The summed E-state index contributed by atoms with van der Waals surface area (Å²) < 4.78 is 52.0. The van der Waals surface area contributed by atoms with Gasteiger partial charge in [-0.05, 0) is 25.1 Å². The predicted molar refractivity (Wildman–Crippen MR) is 91.3 cm³/mol. The van der Waals surface area contributed by atoms with Gasteiger partial charge in [-0.1, -0.05) is 11.6 Å². The van der Waals surface area contributed by atoms with E-state index < -0.39 is 17.7 Å². The van der Waals surface area contributed by atoms with Gasteiger partial charge in [0.05, 0.1) is 5.02 Å². The van der Waals surface area contributed by atoms with Gasteiger partial charge in [-0.25, -0.2) is 14.4 Å². The molecular weight excluding hydrogens is 388 g/mol. The quantitative estimate of drug-likeness (QED) is 0.721. The van der Waals surface area contributed by atoms with Crippen LogP contribution in [0, 0.1) is 12.7 Å². The van der Waals surface area contributed by atoms with Gasteiger partial charge in [-0.15, -0.1) is 0 Å². The highest BCUT2D eigenvalue weighted by Crippen LogP contribution is 2.30. The molecule has 1 aliphatic heterocycles. The fourth-order valence-corrected chi connectivity index (χ4v) is 2.99. The van der Waals surface area contributed by atoms with Gasteiger partial charge in [0.1, 0.15) is 23.2 Å². The molecule has 3 rings (SSSR count). The highest BCUT2D eigenvalue weighted by atomic mass is 35.5. The number of benzene rings is 1. The second-order valence-electron chi connectivity index (χ2n) is 6.06. The molecule has 0 unspecified atom stereocenters. The van der Waals surface area contributed by atoms with Gasteiger partial charge in [0.25, 0.3) is 5.91 Å². The standard InChI is InChI=1S/C17H15ClF4N4O/c1-10-23-14(17(20,21)22)9-15(24-10)25-4-6-26(7-5-25)16(27)11-2-3-13(19)12(18)8-11/h2-3,8-9H,4-7H2,1H3. The van der Waals surface area contributed by atoms with Gasteiger partial charge in [-0.3, -0.25) is 4.79 Å². The molecule has 1 aromatic heterocycles. The largest absolute Gasteiger partial charge is 0.433 e. The van der Waals surface area contributed by atoms with E-state index in [1.165, 1.54) is 19.1 Å². The Morgan fingerprint density at radius 3 is 2.37 bits per heavy atom. The van der Waals surface area contributed by atoms with Crippen molar-refractivity contribution in [3.05, 3.63) is 52.2 Å². The minimum Gasteiger partial charge on any atom is -0.353 e. The Bertz CT molecular complexity index is 866. The third-order valence-corrected chi connectivity index (χ3v) is 4.46. The van der Waals surface area contributed by atoms with E-state index in [0.29, 0.717) is 13.1 Å². The fourth-order valence-electron chi connectivity index (χ4n) is 2.81. The summed E-state index contributed by atoms with van der Waals surface area (Å²) in [5, 5.41) is -0.143. The molecule has 1 amide bonds. The van der Waals surface area contributed by atoms with Crippen molar-refractivity contribution in [3.8, 4) is 0 Å². The molecule has 0 atom stereocenters. The number of carbonyl (C=O) groups excluding carboxylic acids is 1. The van der Waals surface area contributed by atoms with E-state index in [2.05, 4.69) is 9.97 Å². The maximum absolute atomic E-state index is 13.2. The van der Waals surface area contributed by atoms with Gasteiger partial charge < -0.3 is 9.80 Å². The van der Waals surface area contributed by atoms with Gasteiger partial charge in [0, 0.05) is 37.8 Å². The first-order chi connectivity index (χ1) is 12.6. The Kier molecular flexibility index (Phi) is 5.23. The van der Waals surface area contributed by atoms with Crippen molar-refractivity contribution < 1.29 is 22.4 Å². The minimum absolute atomic E-state index is 0.0271. The molecule has 0 spiro atoms. The molecule has 27 heavy (non-hydrogen) atoms. The third kappa shape index (κ3) is 4.29. The number of hydrogen-bond acceptors (Lipinski definition) is 4. The number of halogens is 5. The fraction of sp³-hybridized carbons (Fsp3) is 0.353. The van der Waals surface area contributed by atoms with E-state index in [-0.39, 0.29) is 41.2 Å². The van der Waals surface area contributed by atoms with Crippen LogP contribution in [0.2, 0.25) is 5.02 Å². The Morgan fingerprint density at radius 1 is 1.11 bits per heavy atom. The third-order valence-electron chi connectivity index (χ3n) is 4.17. The molecule has 144 valence electrons. The summed E-state index contributed by atoms with van der Waals surface area (Å²) in [7, 11) is 0. The molecule has 1 fully saturated rings. The lowest BCUT2D eigenvalue weighted by molar-refractivity contribution is -0.141. The first-order valence-corrected chi connectivity index (χ1v) is 8.45. The molecular formula is C17H15ClF4N4O. The van der Waals surface area contributed by atoms with E-state index in [1.54, 1.807) is 9.80 Å². The molecule has 10 heteroatoms. The summed E-state index contributed by atoms with van der Waals surface area (Å²) in [6.45, 7) is 2.61. The zero-order valence-electron chi connectivity index (χ0n) is 14.2. The van der Waals surface area contributed by atoms with Crippen LogP contribution < -0.4 is 4.90 Å². The minimum atomic E-state index is -4.55. The number of hydrogen-bond donors (Lipinski definition) is 0. The van der Waals surface area contributed by atoms with E-state index in [9.17, 15) is 22.4 Å². The van der Waals surface area contributed by atoms with Crippen LogP contribution in [0.15, 0.2) is 24.3 Å². The monoisotopic (exact) mass is 402 g/mol. The summed E-state index contributed by atoms with van der Waals surface area (Å²) in [5.41, 5.74) is -0.739. The molecule has 0 radical (unpaired) electrons. The van der Waals surface area contributed by atoms with Gasteiger partial charge in [0.15, 0.2) is 0 Å². The number of aryl methyl sites for hydroxylation is 1. The summed E-state index contributed by atoms with van der Waals surface area (Å²) in [6, 6.07) is 4.63. The van der Waals surface area contributed by atoms with Crippen LogP contribution in [0.1, 0.15) is 21.9 Å². The van der Waals surface area contributed by atoms with Crippen LogP contribution in [-0.2, 0) is 6.18 Å². The first kappa shape index (κ1) is 19.3. The SMILES string of the molecule is Cc1nc(N2CCN(C(=O)c3ccc(F)c(Cl)c3)CC2)cc(C(F)(F)F)n1. The number of anilines is 1. The van der Waals surface area contributed by atoms with Crippen LogP contribution in [-0.4, -0.2) is 47.0 Å². The molecule has 2 aromatic rings. The Morgan fingerprint density at radius 2 is 1.78 bits per heavy atom. The van der Waals surface area contributed by atoms with Crippen molar-refractivity contribution in [1.29, 1.82) is 0 Å². The normalized spacial score (nSPS) is 15.2. The van der Waals surface area contributed by atoms with Crippen LogP contribution >= 0.6 is 11.6 Å². The molecule has 1 saturated heterocycles. The van der Waals surface area contributed by atoms with Crippen LogP contribution in [0.4, 0.5) is 23.4 Å². The average Bonchev–Trinajstić information content (AvgIpc) is 2.62. The van der Waals surface area contributed by atoms with Crippen LogP contribution in [0.5, 0.6) is 0 Å². The average molecular weight is 403 g/mol. The molecule has 0 aliphatic carbocycles. The lowest BCUT2D eigenvalue weighted by atomic mass is 10.1. The molecule has 1 aliphatic rings. The smallest absolute Gasteiger partial charge is 0.353 e. The zero-order valence-corrected chi connectivity index (χ0v) is 15.0. The number of aromatic nitrogens is 2. The van der Waals surface area contributed by atoms with Crippen molar-refractivity contribution in [2.45, 2.75) is 13.1 Å². The van der Waals surface area contributed by atoms with Crippen LogP contribution in [0.25, 0.3) is 0 Å². The molecule has 0 saturated carbocycles. The summed E-state index contributed by atoms with van der Waals surface area (Å²) in [6.07, 6.45) is -4.55. The number of rotatable bonds is 2. The summed E-state index contributed by atoms with van der Waals surface area (Å²) >= 11 is 5.71. The van der Waals surface area contributed by atoms with Crippen molar-refractivity contribution in [2.75, 3.05) is 31.1 Å². The van der Waals surface area contributed by atoms with Crippen molar-refractivity contribution >= 4 is 23.3 Å². The van der Waals surface area contributed by atoms with Crippen molar-refractivity contribution in [2.24, 2.45) is 0 Å². The first-order valence-electron chi connectivity index (χ1n) is 8.07. The van der Waals surface area contributed by atoms with E-state index in [4.69, 9.17) is 11.6 Å². The van der Waals surface area contributed by atoms with Crippen molar-refractivity contribution in [1.82, 2.24) is 14.9 Å². The molecule has 0 N–H and O–H groups in total. The second kappa shape index (κ2) is 7.30. The second-order valence-corrected chi connectivity index (χ2v) is 6.47. The number of nitrogens with zero attached hydrogens (tertiary/aromatic N) is 4. The predicted octanol–water partition coefficient (Wildman–Crippen LogP) is 3.56. The maximum Gasteiger partial charge on any atom is 0.433 e. The molecule has 5 nitrogen and oxygen atoms in total. The van der Waals surface area contributed by atoms with Crippen LogP contribution in [0.3, 0.4) is 0 Å². The lowest BCUT2D eigenvalue weighted by Gasteiger charge is -2.35. The Balaban J connectivity index is 1.71. The van der Waals surface area contributed by atoms with E-state index in [1.807, 2.05) is 0 Å². The molecule has 1 aromatic carbocycles. The molecule has 2 heterocycles. The Hall–Kier alpha value is -2.42. The molecule has 0 bridgehead atoms. The lowest BCUT2D eigenvalue weighted by Crippen LogP contribution is -2.49. The maximum atomic E-state index is 13.2. The summed E-state index contributed by atoms with van der Waals surface area (Å²) in [5.74, 6) is -0.727. The van der Waals surface area contributed by atoms with E-state index >= 15 is 0 Å². The number of amides is 1. The summed E-state index contributed by atoms with van der Waals surface area (Å²) in [4.78, 5) is 23.2.